The Hall–Kier alpha value is -1.48. The first kappa shape index (κ1) is 11.6. The molecule has 0 aliphatic carbocycles. The Morgan fingerprint density at radius 1 is 1.47 bits per heavy atom. The van der Waals surface area contributed by atoms with Gasteiger partial charge in [-0.2, -0.15) is 18.4 Å². The molecule has 1 heterocycles. The Bertz CT molecular complexity index is 498. The van der Waals surface area contributed by atoms with Crippen molar-refractivity contribution in [3.8, 4) is 6.07 Å². The van der Waals surface area contributed by atoms with E-state index in [4.69, 9.17) is 16.9 Å². The maximum Gasteiger partial charge on any atom is 0.419 e. The lowest BCUT2D eigenvalue weighted by Gasteiger charge is -2.11. The third-order valence-electron chi connectivity index (χ3n) is 1.72. The number of nitriles is 1. The summed E-state index contributed by atoms with van der Waals surface area (Å²) in [5.41, 5.74) is -3.61. The van der Waals surface area contributed by atoms with Crippen molar-refractivity contribution < 1.29 is 13.2 Å². The van der Waals surface area contributed by atoms with Gasteiger partial charge in [-0.3, -0.25) is 4.79 Å². The Kier molecular flexibility index (Phi) is 2.77. The average molecular weight is 237 g/mol. The Morgan fingerprint density at radius 2 is 2.00 bits per heavy atom. The quantitative estimate of drug-likeness (QED) is 0.751. The van der Waals surface area contributed by atoms with Crippen molar-refractivity contribution in [2.45, 2.75) is 13.1 Å². The number of aromatic nitrogens is 1. The van der Waals surface area contributed by atoms with Crippen LogP contribution in [0.3, 0.4) is 0 Å². The number of nitrogens with zero attached hydrogens (tertiary/aromatic N) is 1. The van der Waals surface area contributed by atoms with Gasteiger partial charge in [-0.1, -0.05) is 11.6 Å². The predicted molar refractivity (Wildman–Crippen MR) is 46.5 cm³/mol. The van der Waals surface area contributed by atoms with E-state index < -0.39 is 27.9 Å². The van der Waals surface area contributed by atoms with Gasteiger partial charge in [-0.25, -0.2) is 0 Å². The molecule has 0 radical (unpaired) electrons. The summed E-state index contributed by atoms with van der Waals surface area (Å²) in [7, 11) is 0. The predicted octanol–water partition coefficient (Wildman–Crippen LogP) is 2.23. The maximum absolute atomic E-state index is 12.5. The topological polar surface area (TPSA) is 56.6 Å². The van der Waals surface area contributed by atoms with Crippen LogP contribution in [0.4, 0.5) is 13.2 Å². The van der Waals surface area contributed by atoms with Crippen molar-refractivity contribution in [3.63, 3.8) is 0 Å². The molecular weight excluding hydrogens is 233 g/mol. The van der Waals surface area contributed by atoms with Crippen LogP contribution < -0.4 is 5.56 Å². The van der Waals surface area contributed by atoms with Crippen molar-refractivity contribution >= 4 is 11.6 Å². The number of aromatic amines is 1. The van der Waals surface area contributed by atoms with Gasteiger partial charge in [0.05, 0.1) is 10.6 Å². The smallest absolute Gasteiger partial charge is 0.324 e. The van der Waals surface area contributed by atoms with Crippen molar-refractivity contribution in [2.24, 2.45) is 0 Å². The van der Waals surface area contributed by atoms with Gasteiger partial charge >= 0.3 is 6.18 Å². The summed E-state index contributed by atoms with van der Waals surface area (Å²) < 4.78 is 37.4. The van der Waals surface area contributed by atoms with Gasteiger partial charge in [0.15, 0.2) is 0 Å². The third-order valence-corrected chi connectivity index (χ3v) is 2.19. The Morgan fingerprint density at radius 3 is 2.40 bits per heavy atom. The standard InChI is InChI=1S/C8H4ClF3N2O/c1-3-6(9)5(8(10,11)12)4(2-13)7(15)14-3/h1H3,(H,14,15). The molecule has 0 unspecified atom stereocenters. The van der Waals surface area contributed by atoms with Crippen LogP contribution >= 0.6 is 11.6 Å². The Labute approximate surface area is 87.1 Å². The number of hydrogen-bond donors (Lipinski definition) is 1. The van der Waals surface area contributed by atoms with Crippen LogP contribution in [0.25, 0.3) is 0 Å². The number of hydrogen-bond acceptors (Lipinski definition) is 2. The highest BCUT2D eigenvalue weighted by Crippen LogP contribution is 2.36. The molecule has 1 aromatic heterocycles. The van der Waals surface area contributed by atoms with Gasteiger partial charge in [-0.15, -0.1) is 0 Å². The van der Waals surface area contributed by atoms with Crippen LogP contribution in [0, 0.1) is 18.3 Å². The van der Waals surface area contributed by atoms with E-state index in [9.17, 15) is 18.0 Å². The first-order chi connectivity index (χ1) is 6.79. The van der Waals surface area contributed by atoms with Crippen LogP contribution in [0.5, 0.6) is 0 Å². The molecule has 0 aromatic carbocycles. The molecule has 0 bridgehead atoms. The summed E-state index contributed by atoms with van der Waals surface area (Å²) in [5, 5.41) is 7.80. The van der Waals surface area contributed by atoms with E-state index in [2.05, 4.69) is 4.98 Å². The van der Waals surface area contributed by atoms with E-state index in [0.29, 0.717) is 0 Å². The van der Waals surface area contributed by atoms with E-state index in [-0.39, 0.29) is 5.69 Å². The number of aryl methyl sites for hydroxylation is 1. The molecule has 0 amide bonds. The zero-order chi connectivity index (χ0) is 11.8. The number of rotatable bonds is 0. The van der Waals surface area contributed by atoms with E-state index in [1.807, 2.05) is 0 Å². The molecule has 0 aliphatic heterocycles. The monoisotopic (exact) mass is 236 g/mol. The minimum atomic E-state index is -4.82. The number of H-pyrrole nitrogens is 1. The Balaban J connectivity index is 3.77. The molecule has 15 heavy (non-hydrogen) atoms. The van der Waals surface area contributed by atoms with Crippen LogP contribution in [0.1, 0.15) is 16.8 Å². The van der Waals surface area contributed by atoms with Gasteiger partial charge in [0.25, 0.3) is 5.56 Å². The molecule has 0 aliphatic rings. The maximum atomic E-state index is 12.5. The van der Waals surface area contributed by atoms with Crippen LogP contribution in [-0.4, -0.2) is 4.98 Å². The molecule has 0 saturated carbocycles. The fourth-order valence-corrected chi connectivity index (χ4v) is 1.32. The highest BCUT2D eigenvalue weighted by molar-refractivity contribution is 6.32. The van der Waals surface area contributed by atoms with Gasteiger partial charge in [-0.05, 0) is 6.92 Å². The summed E-state index contributed by atoms with van der Waals surface area (Å²) in [6, 6.07) is 1.19. The van der Waals surface area contributed by atoms with Crippen molar-refractivity contribution in [3.05, 3.63) is 32.2 Å². The fraction of sp³-hybridized carbons (Fsp3) is 0.250. The van der Waals surface area contributed by atoms with Gasteiger partial charge in [0, 0.05) is 5.69 Å². The summed E-state index contributed by atoms with van der Waals surface area (Å²) in [5.74, 6) is 0. The summed E-state index contributed by atoms with van der Waals surface area (Å²) in [6.07, 6.45) is -4.82. The lowest BCUT2D eigenvalue weighted by molar-refractivity contribution is -0.137. The summed E-state index contributed by atoms with van der Waals surface area (Å²) >= 11 is 5.39. The second kappa shape index (κ2) is 3.59. The highest BCUT2D eigenvalue weighted by atomic mass is 35.5. The minimum Gasteiger partial charge on any atom is -0.324 e. The number of halogens is 4. The molecule has 0 saturated heterocycles. The summed E-state index contributed by atoms with van der Waals surface area (Å²) in [6.45, 7) is 1.22. The molecule has 0 fully saturated rings. The molecule has 3 nitrogen and oxygen atoms in total. The minimum absolute atomic E-state index is 0.118. The lowest BCUT2D eigenvalue weighted by Crippen LogP contribution is -2.21. The number of alkyl halides is 3. The second-order valence-corrected chi connectivity index (χ2v) is 3.13. The van der Waals surface area contributed by atoms with Crippen molar-refractivity contribution in [2.75, 3.05) is 0 Å². The zero-order valence-corrected chi connectivity index (χ0v) is 8.12. The summed E-state index contributed by atoms with van der Waals surface area (Å²) in [4.78, 5) is 13.1. The molecule has 1 N–H and O–H groups in total. The fourth-order valence-electron chi connectivity index (χ4n) is 1.07. The number of pyridine rings is 1. The van der Waals surface area contributed by atoms with Gasteiger partial charge in [0.2, 0.25) is 0 Å². The molecule has 0 atom stereocenters. The molecular formula is C8H4ClF3N2O. The van der Waals surface area contributed by atoms with Crippen molar-refractivity contribution in [1.29, 1.82) is 5.26 Å². The van der Waals surface area contributed by atoms with E-state index >= 15 is 0 Å². The molecule has 1 aromatic rings. The van der Waals surface area contributed by atoms with Crippen LogP contribution in [-0.2, 0) is 6.18 Å². The first-order valence-electron chi connectivity index (χ1n) is 3.68. The largest absolute Gasteiger partial charge is 0.419 e. The van der Waals surface area contributed by atoms with Crippen LogP contribution in [0.2, 0.25) is 5.02 Å². The van der Waals surface area contributed by atoms with E-state index in [0.717, 1.165) is 0 Å². The zero-order valence-electron chi connectivity index (χ0n) is 7.37. The van der Waals surface area contributed by atoms with Gasteiger partial charge < -0.3 is 4.98 Å². The molecule has 80 valence electrons. The third kappa shape index (κ3) is 1.97. The average Bonchev–Trinajstić information content (AvgIpc) is 2.08. The number of nitrogens with one attached hydrogen (secondary N) is 1. The van der Waals surface area contributed by atoms with E-state index in [1.54, 1.807) is 0 Å². The van der Waals surface area contributed by atoms with Crippen LogP contribution in [0.15, 0.2) is 4.79 Å². The van der Waals surface area contributed by atoms with Crippen molar-refractivity contribution in [1.82, 2.24) is 4.98 Å². The second-order valence-electron chi connectivity index (χ2n) is 2.75. The molecule has 7 heteroatoms. The normalized spacial score (nSPS) is 11.2. The highest BCUT2D eigenvalue weighted by Gasteiger charge is 2.38. The first-order valence-corrected chi connectivity index (χ1v) is 4.06. The molecule has 0 spiro atoms. The SMILES string of the molecule is Cc1[nH]c(=O)c(C#N)c(C(F)(F)F)c1Cl. The lowest BCUT2D eigenvalue weighted by atomic mass is 10.1. The molecule has 1 rings (SSSR count). The van der Waals surface area contributed by atoms with Gasteiger partial charge in [0.1, 0.15) is 11.6 Å². The van der Waals surface area contributed by atoms with E-state index in [1.165, 1.54) is 13.0 Å².